The normalized spacial score (nSPS) is 12.7. The molecule has 21 heavy (non-hydrogen) atoms. The first-order valence-electron chi connectivity index (χ1n) is 7.26. The summed E-state index contributed by atoms with van der Waals surface area (Å²) in [5.74, 6) is 0.652. The molecule has 0 aliphatic rings. The third kappa shape index (κ3) is 2.54. The van der Waals surface area contributed by atoms with Crippen molar-refractivity contribution in [2.75, 3.05) is 0 Å². The molecule has 0 saturated carbocycles. The Balaban J connectivity index is 2.05. The van der Waals surface area contributed by atoms with Crippen LogP contribution in [-0.2, 0) is 6.54 Å². The van der Waals surface area contributed by atoms with Crippen molar-refractivity contribution in [2.24, 2.45) is 0 Å². The van der Waals surface area contributed by atoms with Gasteiger partial charge in [-0.3, -0.25) is 0 Å². The molecule has 1 N–H and O–H groups in total. The van der Waals surface area contributed by atoms with Gasteiger partial charge in [-0.05, 0) is 31.0 Å². The number of aliphatic hydroxyl groups excluding tert-OH is 1. The third-order valence-electron chi connectivity index (χ3n) is 3.68. The summed E-state index contributed by atoms with van der Waals surface area (Å²) in [6.07, 6.45) is 3.83. The highest BCUT2D eigenvalue weighted by molar-refractivity contribution is 5.82. The Bertz CT molecular complexity index is 764. The molecule has 0 bridgehead atoms. The smallest absolute Gasteiger partial charge is 0.154 e. The summed E-state index contributed by atoms with van der Waals surface area (Å²) in [7, 11) is 0. The standard InChI is InChI=1S/C17H19N3O/c1-3-9-20-10-8-18-17(20)16(21)15-11-12(2)13-6-4-5-7-14(13)19-15/h4-8,10-11,16,21H,3,9H2,1-2H3. The number of para-hydroxylation sites is 1. The van der Waals surface area contributed by atoms with Gasteiger partial charge in [0.15, 0.2) is 6.10 Å². The molecule has 1 unspecified atom stereocenters. The summed E-state index contributed by atoms with van der Waals surface area (Å²) in [6.45, 7) is 4.99. The van der Waals surface area contributed by atoms with Crippen LogP contribution in [0.2, 0.25) is 0 Å². The lowest BCUT2D eigenvalue weighted by Crippen LogP contribution is -2.11. The van der Waals surface area contributed by atoms with Crippen molar-refractivity contribution in [3.63, 3.8) is 0 Å². The fraction of sp³-hybridized carbons (Fsp3) is 0.294. The maximum atomic E-state index is 10.6. The molecule has 0 spiro atoms. The quantitative estimate of drug-likeness (QED) is 0.798. The van der Waals surface area contributed by atoms with Gasteiger partial charge in [0.1, 0.15) is 5.82 Å². The number of fused-ring (bicyclic) bond motifs is 1. The van der Waals surface area contributed by atoms with Gasteiger partial charge in [-0.15, -0.1) is 0 Å². The molecular weight excluding hydrogens is 262 g/mol. The monoisotopic (exact) mass is 281 g/mol. The predicted molar refractivity (Wildman–Crippen MR) is 83.1 cm³/mol. The first-order valence-corrected chi connectivity index (χ1v) is 7.26. The maximum absolute atomic E-state index is 10.6. The van der Waals surface area contributed by atoms with Crippen molar-refractivity contribution < 1.29 is 5.11 Å². The summed E-state index contributed by atoms with van der Waals surface area (Å²) >= 11 is 0. The number of aryl methyl sites for hydroxylation is 2. The molecule has 1 aromatic carbocycles. The summed E-state index contributed by atoms with van der Waals surface area (Å²) < 4.78 is 1.98. The van der Waals surface area contributed by atoms with E-state index in [-0.39, 0.29) is 0 Å². The number of rotatable bonds is 4. The fourth-order valence-electron chi connectivity index (χ4n) is 2.65. The van der Waals surface area contributed by atoms with Crippen molar-refractivity contribution in [3.05, 3.63) is 59.8 Å². The van der Waals surface area contributed by atoms with E-state index in [0.717, 1.165) is 29.4 Å². The molecule has 0 aliphatic carbocycles. The van der Waals surface area contributed by atoms with Gasteiger partial charge in [-0.2, -0.15) is 0 Å². The number of aromatic nitrogens is 3. The predicted octanol–water partition coefficient (Wildman–Crippen LogP) is 3.23. The van der Waals surface area contributed by atoms with E-state index >= 15 is 0 Å². The second-order valence-electron chi connectivity index (χ2n) is 5.26. The van der Waals surface area contributed by atoms with E-state index in [1.54, 1.807) is 6.20 Å². The molecule has 108 valence electrons. The van der Waals surface area contributed by atoms with E-state index in [4.69, 9.17) is 0 Å². The number of aliphatic hydroxyl groups is 1. The lowest BCUT2D eigenvalue weighted by Gasteiger charge is -2.14. The Labute approximate surface area is 124 Å². The Hall–Kier alpha value is -2.20. The topological polar surface area (TPSA) is 50.9 Å². The van der Waals surface area contributed by atoms with E-state index in [9.17, 15) is 5.11 Å². The summed E-state index contributed by atoms with van der Waals surface area (Å²) in [6, 6.07) is 9.92. The summed E-state index contributed by atoms with van der Waals surface area (Å²) in [5.41, 5.74) is 2.66. The number of benzene rings is 1. The maximum Gasteiger partial charge on any atom is 0.154 e. The second kappa shape index (κ2) is 5.66. The van der Waals surface area contributed by atoms with Crippen LogP contribution in [0.15, 0.2) is 42.7 Å². The summed E-state index contributed by atoms with van der Waals surface area (Å²) in [5, 5.41) is 11.7. The van der Waals surface area contributed by atoms with Gasteiger partial charge in [0, 0.05) is 24.3 Å². The number of pyridine rings is 1. The molecule has 0 radical (unpaired) electrons. The van der Waals surface area contributed by atoms with Gasteiger partial charge in [0.25, 0.3) is 0 Å². The van der Waals surface area contributed by atoms with E-state index in [1.165, 1.54) is 0 Å². The van der Waals surface area contributed by atoms with Crippen molar-refractivity contribution in [1.29, 1.82) is 0 Å². The van der Waals surface area contributed by atoms with Crippen LogP contribution < -0.4 is 0 Å². The minimum absolute atomic E-state index is 0.648. The van der Waals surface area contributed by atoms with Crippen LogP contribution in [-0.4, -0.2) is 19.6 Å². The summed E-state index contributed by atoms with van der Waals surface area (Å²) in [4.78, 5) is 8.88. The van der Waals surface area contributed by atoms with Crippen LogP contribution in [0, 0.1) is 6.92 Å². The van der Waals surface area contributed by atoms with Crippen LogP contribution in [0.4, 0.5) is 0 Å². The number of hydrogen-bond acceptors (Lipinski definition) is 3. The van der Waals surface area contributed by atoms with Crippen molar-refractivity contribution in [1.82, 2.24) is 14.5 Å². The fourth-order valence-corrected chi connectivity index (χ4v) is 2.65. The number of nitrogens with zero attached hydrogens (tertiary/aromatic N) is 3. The molecule has 0 aliphatic heterocycles. The Morgan fingerprint density at radius 1 is 1.29 bits per heavy atom. The molecule has 0 fully saturated rings. The average Bonchev–Trinajstić information content (AvgIpc) is 2.95. The zero-order chi connectivity index (χ0) is 14.8. The van der Waals surface area contributed by atoms with E-state index in [1.807, 2.05) is 48.0 Å². The molecule has 1 atom stereocenters. The van der Waals surface area contributed by atoms with E-state index in [2.05, 4.69) is 16.9 Å². The second-order valence-corrected chi connectivity index (χ2v) is 5.26. The zero-order valence-electron chi connectivity index (χ0n) is 12.3. The Kier molecular flexibility index (Phi) is 3.71. The van der Waals surface area contributed by atoms with Gasteiger partial charge >= 0.3 is 0 Å². The van der Waals surface area contributed by atoms with Gasteiger partial charge in [0.2, 0.25) is 0 Å². The van der Waals surface area contributed by atoms with Crippen molar-refractivity contribution in [3.8, 4) is 0 Å². The van der Waals surface area contributed by atoms with E-state index in [0.29, 0.717) is 11.5 Å². The first kappa shape index (κ1) is 13.8. The molecule has 4 heteroatoms. The van der Waals surface area contributed by atoms with Crippen LogP contribution in [0.1, 0.15) is 36.5 Å². The molecule has 4 nitrogen and oxygen atoms in total. The molecule has 3 aromatic rings. The van der Waals surface area contributed by atoms with Crippen molar-refractivity contribution in [2.45, 2.75) is 32.9 Å². The molecular formula is C17H19N3O. The van der Waals surface area contributed by atoms with Crippen LogP contribution in [0.25, 0.3) is 10.9 Å². The molecule has 0 saturated heterocycles. The lowest BCUT2D eigenvalue weighted by atomic mass is 10.1. The van der Waals surface area contributed by atoms with Gasteiger partial charge in [-0.1, -0.05) is 25.1 Å². The molecule has 3 rings (SSSR count). The van der Waals surface area contributed by atoms with Crippen LogP contribution in [0.5, 0.6) is 0 Å². The first-order chi connectivity index (χ1) is 10.2. The van der Waals surface area contributed by atoms with E-state index < -0.39 is 6.10 Å². The van der Waals surface area contributed by atoms with Gasteiger partial charge in [0.05, 0.1) is 11.2 Å². The van der Waals surface area contributed by atoms with Gasteiger partial charge < -0.3 is 9.67 Å². The highest BCUT2D eigenvalue weighted by Crippen LogP contribution is 2.24. The SMILES string of the molecule is CCCn1ccnc1C(O)c1cc(C)c2ccccc2n1. The Morgan fingerprint density at radius 3 is 2.90 bits per heavy atom. The minimum Gasteiger partial charge on any atom is -0.379 e. The molecule has 2 aromatic heterocycles. The van der Waals surface area contributed by atoms with Gasteiger partial charge in [-0.25, -0.2) is 9.97 Å². The highest BCUT2D eigenvalue weighted by atomic mass is 16.3. The highest BCUT2D eigenvalue weighted by Gasteiger charge is 2.18. The average molecular weight is 281 g/mol. The largest absolute Gasteiger partial charge is 0.379 e. The molecule has 0 amide bonds. The van der Waals surface area contributed by atoms with Crippen molar-refractivity contribution >= 4 is 10.9 Å². The minimum atomic E-state index is -0.796. The number of imidazole rings is 1. The molecule has 2 heterocycles. The van der Waals surface area contributed by atoms with Crippen LogP contribution in [0.3, 0.4) is 0 Å². The number of hydrogen-bond donors (Lipinski definition) is 1. The third-order valence-corrected chi connectivity index (χ3v) is 3.68. The zero-order valence-corrected chi connectivity index (χ0v) is 12.3. The lowest BCUT2D eigenvalue weighted by molar-refractivity contribution is 0.200. The Morgan fingerprint density at radius 2 is 2.10 bits per heavy atom. The van der Waals surface area contributed by atoms with Crippen LogP contribution >= 0.6 is 0 Å².